The van der Waals surface area contributed by atoms with E-state index in [1.807, 2.05) is 43.4 Å². The average molecular weight is 311 g/mol. The molecular formula is C19H21NO3. The van der Waals surface area contributed by atoms with E-state index in [4.69, 9.17) is 9.47 Å². The van der Waals surface area contributed by atoms with Gasteiger partial charge in [-0.2, -0.15) is 0 Å². The van der Waals surface area contributed by atoms with E-state index < -0.39 is 0 Å². The Morgan fingerprint density at radius 1 is 1.00 bits per heavy atom. The molecule has 0 aliphatic carbocycles. The smallest absolute Gasteiger partial charge is 0.184 e. The zero-order chi connectivity index (χ0) is 16.6. The number of likely N-dealkylation sites (N-methyl/N-ethyl adjacent to an activating group) is 1. The fourth-order valence-corrected chi connectivity index (χ4v) is 3.25. The summed E-state index contributed by atoms with van der Waals surface area (Å²) in [5.74, 6) is 1.33. The van der Waals surface area contributed by atoms with Gasteiger partial charge in [0.15, 0.2) is 17.3 Å². The first-order valence-corrected chi connectivity index (χ1v) is 7.65. The molecule has 0 radical (unpaired) electrons. The molecule has 0 fully saturated rings. The lowest BCUT2D eigenvalue weighted by Crippen LogP contribution is -2.38. The summed E-state index contributed by atoms with van der Waals surface area (Å²) in [4.78, 5) is 15.2. The molecule has 4 nitrogen and oxygen atoms in total. The van der Waals surface area contributed by atoms with Gasteiger partial charge < -0.3 is 9.47 Å². The molecule has 2 aromatic rings. The number of Topliss-reactive ketones (excluding diaryl/α,β-unsaturated/α-hetero) is 1. The summed E-state index contributed by atoms with van der Waals surface area (Å²) in [6.45, 7) is 2.10. The van der Waals surface area contributed by atoms with Crippen molar-refractivity contribution in [2.24, 2.45) is 0 Å². The molecule has 0 aromatic heterocycles. The summed E-state index contributed by atoms with van der Waals surface area (Å²) in [5, 5.41) is 0. The van der Waals surface area contributed by atoms with Gasteiger partial charge >= 0.3 is 0 Å². The van der Waals surface area contributed by atoms with Gasteiger partial charge in [-0.15, -0.1) is 0 Å². The van der Waals surface area contributed by atoms with E-state index in [0.717, 1.165) is 11.1 Å². The number of hydrogen-bond donors (Lipinski definition) is 0. The molecule has 1 heterocycles. The third-order valence-electron chi connectivity index (χ3n) is 4.65. The van der Waals surface area contributed by atoms with Crippen molar-refractivity contribution in [2.75, 3.05) is 21.3 Å². The zero-order valence-electron chi connectivity index (χ0n) is 13.9. The molecule has 23 heavy (non-hydrogen) atoms. The number of ketones is 1. The highest BCUT2D eigenvalue weighted by Crippen LogP contribution is 2.43. The van der Waals surface area contributed by atoms with Crippen molar-refractivity contribution < 1.29 is 14.3 Å². The van der Waals surface area contributed by atoms with Gasteiger partial charge in [-0.1, -0.05) is 30.3 Å². The Morgan fingerprint density at radius 2 is 1.61 bits per heavy atom. The van der Waals surface area contributed by atoms with E-state index in [1.54, 1.807) is 20.3 Å². The molecule has 0 saturated carbocycles. The van der Waals surface area contributed by atoms with Crippen LogP contribution in [0.5, 0.6) is 11.5 Å². The van der Waals surface area contributed by atoms with Crippen LogP contribution in [0.25, 0.3) is 0 Å². The average Bonchev–Trinajstić information content (AvgIpc) is 2.59. The Kier molecular flexibility index (Phi) is 4.09. The van der Waals surface area contributed by atoms with Crippen molar-refractivity contribution in [3.05, 3.63) is 59.2 Å². The molecule has 2 aromatic carbocycles. The summed E-state index contributed by atoms with van der Waals surface area (Å²) < 4.78 is 10.7. The first-order chi connectivity index (χ1) is 11.1. The van der Waals surface area contributed by atoms with Crippen LogP contribution in [-0.2, 0) is 0 Å². The fourth-order valence-electron chi connectivity index (χ4n) is 3.25. The molecule has 0 amide bonds. The number of carbonyl (C=O) groups is 1. The monoisotopic (exact) mass is 311 g/mol. The van der Waals surface area contributed by atoms with Crippen LogP contribution in [0.15, 0.2) is 42.5 Å². The highest BCUT2D eigenvalue weighted by Gasteiger charge is 2.37. The minimum Gasteiger partial charge on any atom is -0.493 e. The Bertz CT molecular complexity index is 727. The SMILES string of the molecule is COc1cc2c(cc1OC)[C@@H](C)N(C)[C@H](c1ccccc1)C2=O. The largest absolute Gasteiger partial charge is 0.493 e. The first-order valence-electron chi connectivity index (χ1n) is 7.65. The Labute approximate surface area is 136 Å². The molecule has 1 aliphatic rings. The quantitative estimate of drug-likeness (QED) is 0.867. The molecule has 0 bridgehead atoms. The van der Waals surface area contributed by atoms with Gasteiger partial charge in [-0.3, -0.25) is 9.69 Å². The van der Waals surface area contributed by atoms with Crippen molar-refractivity contribution in [2.45, 2.75) is 19.0 Å². The first kappa shape index (κ1) is 15.6. The highest BCUT2D eigenvalue weighted by atomic mass is 16.5. The molecule has 0 spiro atoms. The number of fused-ring (bicyclic) bond motifs is 1. The lowest BCUT2D eigenvalue weighted by Gasteiger charge is -2.38. The van der Waals surface area contributed by atoms with Crippen LogP contribution in [0, 0.1) is 0 Å². The van der Waals surface area contributed by atoms with Crippen molar-refractivity contribution >= 4 is 5.78 Å². The number of hydrogen-bond acceptors (Lipinski definition) is 4. The Balaban J connectivity index is 2.14. The van der Waals surface area contributed by atoms with Crippen LogP contribution in [0.1, 0.15) is 40.5 Å². The van der Waals surface area contributed by atoms with Crippen molar-refractivity contribution in [1.82, 2.24) is 4.90 Å². The number of benzene rings is 2. The molecule has 120 valence electrons. The van der Waals surface area contributed by atoms with E-state index in [0.29, 0.717) is 17.1 Å². The van der Waals surface area contributed by atoms with Crippen LogP contribution in [-0.4, -0.2) is 32.0 Å². The van der Waals surface area contributed by atoms with Crippen LogP contribution in [0.4, 0.5) is 0 Å². The maximum Gasteiger partial charge on any atom is 0.184 e. The Morgan fingerprint density at radius 3 is 2.22 bits per heavy atom. The molecule has 4 heteroatoms. The van der Waals surface area contributed by atoms with Crippen LogP contribution >= 0.6 is 0 Å². The lowest BCUT2D eigenvalue weighted by molar-refractivity contribution is 0.0757. The molecular weight excluding hydrogens is 290 g/mol. The van der Waals surface area contributed by atoms with E-state index >= 15 is 0 Å². The number of methoxy groups -OCH3 is 2. The minimum absolute atomic E-state index is 0.0905. The van der Waals surface area contributed by atoms with Crippen LogP contribution in [0.3, 0.4) is 0 Å². The normalized spacial score (nSPS) is 21.0. The summed E-state index contributed by atoms with van der Waals surface area (Å²) in [5.41, 5.74) is 2.69. The van der Waals surface area contributed by atoms with Gasteiger partial charge in [0.2, 0.25) is 0 Å². The van der Waals surface area contributed by atoms with Crippen LogP contribution < -0.4 is 9.47 Å². The van der Waals surface area contributed by atoms with E-state index in [2.05, 4.69) is 11.8 Å². The van der Waals surface area contributed by atoms with Gasteiger partial charge in [0.1, 0.15) is 0 Å². The third-order valence-corrected chi connectivity index (χ3v) is 4.65. The van der Waals surface area contributed by atoms with Crippen molar-refractivity contribution in [3.63, 3.8) is 0 Å². The summed E-state index contributed by atoms with van der Waals surface area (Å²) >= 11 is 0. The van der Waals surface area contributed by atoms with E-state index in [1.165, 1.54) is 0 Å². The number of nitrogens with zero attached hydrogens (tertiary/aromatic N) is 1. The fraction of sp³-hybridized carbons (Fsp3) is 0.316. The standard InChI is InChI=1S/C19H21NO3/c1-12-14-10-16(22-3)17(23-4)11-15(14)19(21)18(20(12)2)13-8-6-5-7-9-13/h5-12,18H,1-4H3/t12-,18-/m1/s1. The number of ether oxygens (including phenoxy) is 2. The third kappa shape index (κ3) is 2.49. The van der Waals surface area contributed by atoms with Crippen molar-refractivity contribution in [3.8, 4) is 11.5 Å². The summed E-state index contributed by atoms with van der Waals surface area (Å²) in [6, 6.07) is 13.4. The molecule has 0 N–H and O–H groups in total. The highest BCUT2D eigenvalue weighted by molar-refractivity contribution is 6.03. The zero-order valence-corrected chi connectivity index (χ0v) is 13.9. The maximum absolute atomic E-state index is 13.1. The molecule has 0 saturated heterocycles. The maximum atomic E-state index is 13.1. The summed E-state index contributed by atoms with van der Waals surface area (Å²) in [6.07, 6.45) is 0. The molecule has 3 rings (SSSR count). The predicted molar refractivity (Wildman–Crippen MR) is 89.2 cm³/mol. The van der Waals surface area contributed by atoms with Crippen LogP contribution in [0.2, 0.25) is 0 Å². The summed E-state index contributed by atoms with van der Waals surface area (Å²) in [7, 11) is 5.18. The second kappa shape index (κ2) is 6.05. The van der Waals surface area contributed by atoms with Gasteiger partial charge in [0.25, 0.3) is 0 Å². The number of carbonyl (C=O) groups excluding carboxylic acids is 1. The van der Waals surface area contributed by atoms with Gasteiger partial charge in [-0.05, 0) is 37.2 Å². The Hall–Kier alpha value is -2.33. The second-order valence-corrected chi connectivity index (χ2v) is 5.81. The molecule has 2 atom stereocenters. The van der Waals surface area contributed by atoms with Crippen molar-refractivity contribution in [1.29, 1.82) is 0 Å². The predicted octanol–water partition coefficient (Wildman–Crippen LogP) is 3.63. The molecule has 1 aliphatic heterocycles. The minimum atomic E-state index is -0.281. The number of rotatable bonds is 3. The van der Waals surface area contributed by atoms with Gasteiger partial charge in [0, 0.05) is 11.6 Å². The lowest BCUT2D eigenvalue weighted by atomic mass is 9.85. The van der Waals surface area contributed by atoms with Gasteiger partial charge in [-0.25, -0.2) is 0 Å². The van der Waals surface area contributed by atoms with Gasteiger partial charge in [0.05, 0.1) is 20.3 Å². The molecule has 0 unspecified atom stereocenters. The van der Waals surface area contributed by atoms with E-state index in [9.17, 15) is 4.79 Å². The topological polar surface area (TPSA) is 38.8 Å². The van der Waals surface area contributed by atoms with E-state index in [-0.39, 0.29) is 17.9 Å². The second-order valence-electron chi connectivity index (χ2n) is 5.81.